The van der Waals surface area contributed by atoms with Gasteiger partial charge in [-0.2, -0.15) is 0 Å². The molecule has 2 saturated heterocycles. The fourth-order valence-corrected chi connectivity index (χ4v) is 5.55. The van der Waals surface area contributed by atoms with Crippen LogP contribution in [0.5, 0.6) is 0 Å². The number of anilines is 3. The molecule has 0 unspecified atom stereocenters. The average molecular weight is 559 g/mol. The van der Waals surface area contributed by atoms with E-state index in [0.717, 1.165) is 57.9 Å². The number of para-hydroxylation sites is 1. The lowest BCUT2D eigenvalue weighted by Crippen LogP contribution is -2.47. The summed E-state index contributed by atoms with van der Waals surface area (Å²) in [5, 5.41) is 5.91. The second-order valence-corrected chi connectivity index (χ2v) is 10.6. The number of piperazine rings is 1. The number of carbonyl (C=O) groups is 3. The van der Waals surface area contributed by atoms with Crippen molar-refractivity contribution < 1.29 is 18.8 Å². The van der Waals surface area contributed by atoms with Crippen LogP contribution in [-0.4, -0.2) is 75.0 Å². The molecule has 10 heteroatoms. The third kappa shape index (κ3) is 6.89. The first kappa shape index (κ1) is 28.2. The number of hydrogen-bond donors (Lipinski definition) is 3. The molecule has 216 valence electrons. The predicted molar refractivity (Wildman–Crippen MR) is 160 cm³/mol. The highest BCUT2D eigenvalue weighted by molar-refractivity contribution is 6.06. The van der Waals surface area contributed by atoms with E-state index in [1.54, 1.807) is 12.1 Å². The molecule has 0 aliphatic carbocycles. The highest BCUT2D eigenvalue weighted by atomic mass is 16.4. The Morgan fingerprint density at radius 3 is 2.20 bits per heavy atom. The van der Waals surface area contributed by atoms with Gasteiger partial charge >= 0.3 is 0 Å². The van der Waals surface area contributed by atoms with Crippen molar-refractivity contribution in [1.29, 1.82) is 0 Å². The van der Waals surface area contributed by atoms with E-state index < -0.39 is 11.8 Å². The standard InChI is InChI=1S/C31H38N6O4/c1-22-7-2-3-8-25(22)36-17-19-37(20-18-36)26-10-9-23(30(39)33-13-6-16-35-14-4-5-15-35)21-24(26)34-31(40)28-12-11-27(41-28)29(32)38/h2-3,7-12,21H,4-6,13-20H2,1H3,(H2,32,38)(H,33,39)(H,34,40). The first-order valence-corrected chi connectivity index (χ1v) is 14.3. The summed E-state index contributed by atoms with van der Waals surface area (Å²) >= 11 is 0. The molecule has 0 atom stereocenters. The lowest BCUT2D eigenvalue weighted by Gasteiger charge is -2.38. The molecule has 1 aromatic heterocycles. The van der Waals surface area contributed by atoms with Crippen molar-refractivity contribution in [3.8, 4) is 0 Å². The number of furan rings is 1. The van der Waals surface area contributed by atoms with Crippen LogP contribution in [0.1, 0.15) is 56.3 Å². The van der Waals surface area contributed by atoms with Crippen LogP contribution in [0.25, 0.3) is 0 Å². The maximum absolute atomic E-state index is 13.1. The van der Waals surface area contributed by atoms with Gasteiger partial charge in [-0.3, -0.25) is 14.4 Å². The molecule has 41 heavy (non-hydrogen) atoms. The maximum Gasteiger partial charge on any atom is 0.291 e. The topological polar surface area (TPSA) is 124 Å². The van der Waals surface area contributed by atoms with E-state index in [-0.39, 0.29) is 17.4 Å². The summed E-state index contributed by atoms with van der Waals surface area (Å²) in [6.45, 7) is 9.06. The van der Waals surface area contributed by atoms with Crippen LogP contribution >= 0.6 is 0 Å². The molecular weight excluding hydrogens is 520 g/mol. The maximum atomic E-state index is 13.1. The van der Waals surface area contributed by atoms with Gasteiger partial charge in [0.2, 0.25) is 0 Å². The molecule has 5 rings (SSSR count). The number of nitrogens with two attached hydrogens (primary N) is 1. The quantitative estimate of drug-likeness (QED) is 0.326. The summed E-state index contributed by atoms with van der Waals surface area (Å²) in [5.74, 6) is -1.59. The van der Waals surface area contributed by atoms with Crippen molar-refractivity contribution in [2.45, 2.75) is 26.2 Å². The Morgan fingerprint density at radius 1 is 0.829 bits per heavy atom. The first-order chi connectivity index (χ1) is 19.9. The van der Waals surface area contributed by atoms with Gasteiger partial charge in [-0.25, -0.2) is 0 Å². The second-order valence-electron chi connectivity index (χ2n) is 10.6. The smallest absolute Gasteiger partial charge is 0.291 e. The summed E-state index contributed by atoms with van der Waals surface area (Å²) < 4.78 is 5.33. The van der Waals surface area contributed by atoms with E-state index in [0.29, 0.717) is 17.8 Å². The number of nitrogens with one attached hydrogen (secondary N) is 2. The Morgan fingerprint density at radius 2 is 1.51 bits per heavy atom. The first-order valence-electron chi connectivity index (χ1n) is 14.3. The van der Waals surface area contributed by atoms with Crippen molar-refractivity contribution in [2.75, 3.05) is 67.5 Å². The Balaban J connectivity index is 1.30. The van der Waals surface area contributed by atoms with Crippen LogP contribution in [0.2, 0.25) is 0 Å². The number of rotatable bonds is 10. The molecule has 10 nitrogen and oxygen atoms in total. The number of aryl methyl sites for hydroxylation is 1. The molecule has 2 aromatic carbocycles. The van der Waals surface area contributed by atoms with Gasteiger partial charge < -0.3 is 35.5 Å². The molecule has 0 spiro atoms. The van der Waals surface area contributed by atoms with E-state index in [2.05, 4.69) is 50.5 Å². The monoisotopic (exact) mass is 558 g/mol. The van der Waals surface area contributed by atoms with Gasteiger partial charge in [0.05, 0.1) is 11.4 Å². The van der Waals surface area contributed by atoms with E-state index in [4.69, 9.17) is 10.2 Å². The van der Waals surface area contributed by atoms with E-state index >= 15 is 0 Å². The fraction of sp³-hybridized carbons (Fsp3) is 0.387. The highest BCUT2D eigenvalue weighted by Crippen LogP contribution is 2.30. The fourth-order valence-electron chi connectivity index (χ4n) is 5.55. The molecular formula is C31H38N6O4. The molecule has 2 aliphatic rings. The zero-order chi connectivity index (χ0) is 28.8. The summed E-state index contributed by atoms with van der Waals surface area (Å²) in [4.78, 5) is 44.5. The van der Waals surface area contributed by atoms with Gasteiger partial charge in [0.1, 0.15) is 0 Å². The molecule has 4 N–H and O–H groups in total. The summed E-state index contributed by atoms with van der Waals surface area (Å²) in [5.41, 5.74) is 9.51. The number of carbonyl (C=O) groups excluding carboxylic acids is 3. The molecule has 0 saturated carbocycles. The SMILES string of the molecule is Cc1ccccc1N1CCN(c2ccc(C(=O)NCCCN3CCCC3)cc2NC(=O)c2ccc(C(N)=O)o2)CC1. The third-order valence-electron chi connectivity index (χ3n) is 7.79. The molecule has 2 fully saturated rings. The van der Waals surface area contributed by atoms with Crippen molar-refractivity contribution in [2.24, 2.45) is 5.73 Å². The Labute approximate surface area is 240 Å². The normalized spacial score (nSPS) is 15.6. The van der Waals surface area contributed by atoms with Gasteiger partial charge in [-0.15, -0.1) is 0 Å². The minimum absolute atomic E-state index is 0.0362. The lowest BCUT2D eigenvalue weighted by molar-refractivity contribution is 0.0943. The largest absolute Gasteiger partial charge is 0.446 e. The molecule has 0 radical (unpaired) electrons. The minimum Gasteiger partial charge on any atom is -0.446 e. The van der Waals surface area contributed by atoms with Gasteiger partial charge in [-0.1, -0.05) is 18.2 Å². The second kappa shape index (κ2) is 12.9. The van der Waals surface area contributed by atoms with E-state index in [1.165, 1.54) is 36.2 Å². The van der Waals surface area contributed by atoms with Gasteiger partial charge in [0.15, 0.2) is 11.5 Å². The summed E-state index contributed by atoms with van der Waals surface area (Å²) in [7, 11) is 0. The van der Waals surface area contributed by atoms with Crippen LogP contribution in [0, 0.1) is 6.92 Å². The zero-order valence-corrected chi connectivity index (χ0v) is 23.5. The average Bonchev–Trinajstić information content (AvgIpc) is 3.69. The predicted octanol–water partition coefficient (Wildman–Crippen LogP) is 3.48. The summed E-state index contributed by atoms with van der Waals surface area (Å²) in [6.07, 6.45) is 3.38. The number of hydrogen-bond acceptors (Lipinski definition) is 7. The van der Waals surface area contributed by atoms with Crippen LogP contribution in [-0.2, 0) is 0 Å². The van der Waals surface area contributed by atoms with Crippen molar-refractivity contribution in [3.63, 3.8) is 0 Å². The third-order valence-corrected chi connectivity index (χ3v) is 7.79. The van der Waals surface area contributed by atoms with Gasteiger partial charge in [0, 0.05) is 44.0 Å². The van der Waals surface area contributed by atoms with Gasteiger partial charge in [-0.05, 0) is 87.8 Å². The Kier molecular flexibility index (Phi) is 8.88. The molecule has 3 heterocycles. The van der Waals surface area contributed by atoms with Crippen molar-refractivity contribution in [3.05, 3.63) is 77.2 Å². The van der Waals surface area contributed by atoms with Crippen molar-refractivity contribution >= 4 is 34.8 Å². The molecule has 3 aromatic rings. The Hall–Kier alpha value is -4.31. The van der Waals surface area contributed by atoms with Crippen LogP contribution in [0.4, 0.5) is 17.1 Å². The lowest BCUT2D eigenvalue weighted by atomic mass is 10.1. The van der Waals surface area contributed by atoms with E-state index in [9.17, 15) is 14.4 Å². The zero-order valence-electron chi connectivity index (χ0n) is 23.5. The molecule has 3 amide bonds. The minimum atomic E-state index is -0.750. The van der Waals surface area contributed by atoms with Crippen LogP contribution in [0.3, 0.4) is 0 Å². The van der Waals surface area contributed by atoms with E-state index in [1.807, 2.05) is 12.1 Å². The number of benzene rings is 2. The number of likely N-dealkylation sites (tertiary alicyclic amines) is 1. The van der Waals surface area contributed by atoms with Crippen LogP contribution < -0.4 is 26.2 Å². The van der Waals surface area contributed by atoms with Crippen molar-refractivity contribution in [1.82, 2.24) is 10.2 Å². The number of amides is 3. The molecule has 0 bridgehead atoms. The Bertz CT molecular complexity index is 1390. The van der Waals surface area contributed by atoms with Crippen LogP contribution in [0.15, 0.2) is 59.0 Å². The number of primary amides is 1. The summed E-state index contributed by atoms with van der Waals surface area (Å²) in [6, 6.07) is 16.5. The highest BCUT2D eigenvalue weighted by Gasteiger charge is 2.23. The number of nitrogens with zero attached hydrogens (tertiary/aromatic N) is 3. The van der Waals surface area contributed by atoms with Gasteiger partial charge in [0.25, 0.3) is 17.7 Å². The molecule has 2 aliphatic heterocycles.